The lowest BCUT2D eigenvalue weighted by atomic mass is 9.81. The molecule has 1 amide bonds. The molecular formula is C25H23ClN4O. The van der Waals surface area contributed by atoms with Crippen LogP contribution in [0.15, 0.2) is 64.8 Å². The highest BCUT2D eigenvalue weighted by atomic mass is 35.5. The maximum Gasteiger partial charge on any atom is 0.258 e. The first-order valence-electron chi connectivity index (χ1n) is 10.7. The Labute approximate surface area is 187 Å². The van der Waals surface area contributed by atoms with E-state index in [9.17, 15) is 10.1 Å². The van der Waals surface area contributed by atoms with Crippen molar-refractivity contribution in [3.8, 4) is 6.07 Å². The largest absolute Gasteiger partial charge is 0.314 e. The fraction of sp³-hybridized carbons (Fsp3) is 0.320. The molecule has 31 heavy (non-hydrogen) atoms. The number of rotatable bonds is 4. The number of nitriles is 1. The first kappa shape index (κ1) is 19.8. The number of nitrogens with zero attached hydrogens (tertiary/aromatic N) is 4. The van der Waals surface area contributed by atoms with Crippen LogP contribution in [0.5, 0.6) is 0 Å². The lowest BCUT2D eigenvalue weighted by Gasteiger charge is -2.41. The van der Waals surface area contributed by atoms with E-state index in [2.05, 4.69) is 22.0 Å². The molecule has 1 atom stereocenters. The van der Waals surface area contributed by atoms with Crippen LogP contribution in [0.1, 0.15) is 36.0 Å². The first-order chi connectivity index (χ1) is 15.1. The molecule has 0 bridgehead atoms. The van der Waals surface area contributed by atoms with Gasteiger partial charge in [0.2, 0.25) is 5.96 Å². The average Bonchev–Trinajstić information content (AvgIpc) is 3.28. The second kappa shape index (κ2) is 8.20. The van der Waals surface area contributed by atoms with Gasteiger partial charge in [-0.1, -0.05) is 35.9 Å². The summed E-state index contributed by atoms with van der Waals surface area (Å²) in [6.07, 6.45) is 3.60. The highest BCUT2D eigenvalue weighted by molar-refractivity contribution is 6.30. The summed E-state index contributed by atoms with van der Waals surface area (Å²) in [5.74, 6) is 1.27. The van der Waals surface area contributed by atoms with Crippen LogP contribution >= 0.6 is 11.6 Å². The van der Waals surface area contributed by atoms with Crippen LogP contribution in [-0.2, 0) is 17.8 Å². The van der Waals surface area contributed by atoms with E-state index in [1.165, 1.54) is 0 Å². The number of hydrogen-bond acceptors (Lipinski definition) is 4. The summed E-state index contributed by atoms with van der Waals surface area (Å²) in [6.45, 7) is 2.06. The van der Waals surface area contributed by atoms with Gasteiger partial charge in [0, 0.05) is 22.8 Å². The van der Waals surface area contributed by atoms with E-state index in [1.54, 1.807) is 0 Å². The average molecular weight is 431 g/mol. The molecule has 0 radical (unpaired) electrons. The molecule has 5 nitrogen and oxygen atoms in total. The monoisotopic (exact) mass is 430 g/mol. The number of allylic oxidation sites excluding steroid dienone is 1. The van der Waals surface area contributed by atoms with E-state index < -0.39 is 0 Å². The predicted octanol–water partition coefficient (Wildman–Crippen LogP) is 4.52. The predicted molar refractivity (Wildman–Crippen MR) is 120 cm³/mol. The van der Waals surface area contributed by atoms with Gasteiger partial charge in [-0.25, -0.2) is 0 Å². The molecule has 1 unspecified atom stereocenters. The molecule has 0 saturated heterocycles. The summed E-state index contributed by atoms with van der Waals surface area (Å²) in [6, 6.07) is 17.7. The minimum Gasteiger partial charge on any atom is -0.314 e. The zero-order valence-electron chi connectivity index (χ0n) is 17.2. The summed E-state index contributed by atoms with van der Waals surface area (Å²) < 4.78 is 0. The lowest BCUT2D eigenvalue weighted by Crippen LogP contribution is -2.51. The van der Waals surface area contributed by atoms with Crippen molar-refractivity contribution in [3.63, 3.8) is 0 Å². The maximum atomic E-state index is 13.6. The van der Waals surface area contributed by atoms with E-state index in [1.807, 2.05) is 47.4 Å². The molecule has 5 rings (SSSR count). The number of carbonyl (C=O) groups excluding carboxylic acids is 1. The molecule has 2 aromatic rings. The van der Waals surface area contributed by atoms with Gasteiger partial charge in [0.25, 0.3) is 5.91 Å². The Hall–Kier alpha value is -3.10. The van der Waals surface area contributed by atoms with Gasteiger partial charge in [-0.2, -0.15) is 5.26 Å². The van der Waals surface area contributed by atoms with Gasteiger partial charge in [0.1, 0.15) is 0 Å². The third-order valence-corrected chi connectivity index (χ3v) is 6.61. The lowest BCUT2D eigenvalue weighted by molar-refractivity contribution is -0.125. The van der Waals surface area contributed by atoms with E-state index in [0.717, 1.165) is 67.1 Å². The molecule has 1 aliphatic carbocycles. The second-order valence-corrected chi connectivity index (χ2v) is 8.84. The fourth-order valence-corrected chi connectivity index (χ4v) is 5.00. The van der Waals surface area contributed by atoms with E-state index in [4.69, 9.17) is 11.6 Å². The third-order valence-electron chi connectivity index (χ3n) is 6.35. The number of benzene rings is 2. The molecule has 0 aromatic heterocycles. The quantitative estimate of drug-likeness (QED) is 0.716. The molecule has 0 N–H and O–H groups in total. The number of halogens is 1. The molecule has 0 spiro atoms. The topological polar surface area (TPSA) is 59.7 Å². The molecule has 6 heteroatoms. The highest BCUT2D eigenvalue weighted by Gasteiger charge is 2.41. The van der Waals surface area contributed by atoms with Crippen molar-refractivity contribution in [1.82, 2.24) is 9.80 Å². The zero-order chi connectivity index (χ0) is 21.4. The Morgan fingerprint density at radius 2 is 2.00 bits per heavy atom. The zero-order valence-corrected chi connectivity index (χ0v) is 18.0. The minimum atomic E-state index is 0.0809. The first-order valence-corrected chi connectivity index (χ1v) is 11.1. The van der Waals surface area contributed by atoms with Gasteiger partial charge in [-0.15, -0.1) is 0 Å². The van der Waals surface area contributed by atoms with Crippen molar-refractivity contribution in [2.75, 3.05) is 13.1 Å². The van der Waals surface area contributed by atoms with Gasteiger partial charge in [0.05, 0.1) is 24.7 Å². The number of hydrogen-bond donors (Lipinski definition) is 0. The van der Waals surface area contributed by atoms with Crippen LogP contribution in [-0.4, -0.2) is 34.8 Å². The number of carbonyl (C=O) groups is 1. The number of guanidine groups is 1. The summed E-state index contributed by atoms with van der Waals surface area (Å²) in [7, 11) is 0. The molecular weight excluding hydrogens is 408 g/mol. The number of aliphatic imine (C=N–C) groups is 1. The van der Waals surface area contributed by atoms with Crippen molar-refractivity contribution in [2.45, 2.75) is 32.2 Å². The van der Waals surface area contributed by atoms with Gasteiger partial charge in [0.15, 0.2) is 0 Å². The standard InChI is InChI=1S/C25H23ClN4O/c26-21-7-4-17(5-8-21)16-30-24(31)22-14-19(12-18-2-1-3-20(13-18)15-27)6-9-23(22)29-11-10-28-25(29)30/h1-5,7-8,13,19H,6,9-12,14,16H2. The van der Waals surface area contributed by atoms with Crippen LogP contribution in [0.25, 0.3) is 0 Å². The van der Waals surface area contributed by atoms with Crippen molar-refractivity contribution >= 4 is 23.5 Å². The normalized spacial score (nSPS) is 20.3. The molecule has 156 valence electrons. The summed E-state index contributed by atoms with van der Waals surface area (Å²) >= 11 is 6.03. The van der Waals surface area contributed by atoms with Gasteiger partial charge in [-0.3, -0.25) is 14.7 Å². The Balaban J connectivity index is 1.39. The Kier molecular flexibility index (Phi) is 5.25. The number of amides is 1. The van der Waals surface area contributed by atoms with Crippen LogP contribution in [0.3, 0.4) is 0 Å². The summed E-state index contributed by atoms with van der Waals surface area (Å²) in [5, 5.41) is 9.87. The maximum absolute atomic E-state index is 13.6. The fourth-order valence-electron chi connectivity index (χ4n) is 4.88. The Bertz CT molecular complexity index is 1130. The van der Waals surface area contributed by atoms with E-state index in [0.29, 0.717) is 23.0 Å². The van der Waals surface area contributed by atoms with Crippen molar-refractivity contribution < 1.29 is 4.79 Å². The van der Waals surface area contributed by atoms with Crippen LogP contribution in [0, 0.1) is 17.2 Å². The van der Waals surface area contributed by atoms with E-state index >= 15 is 0 Å². The summed E-state index contributed by atoms with van der Waals surface area (Å²) in [5.41, 5.74) is 4.99. The molecule has 0 fully saturated rings. The SMILES string of the molecule is N#Cc1cccc(CC2CCC3=C(C2)C(=O)N(Cc2ccc(Cl)cc2)C2=NCCN23)c1. The van der Waals surface area contributed by atoms with Crippen LogP contribution in [0.4, 0.5) is 0 Å². The van der Waals surface area contributed by atoms with Crippen molar-refractivity contribution in [2.24, 2.45) is 10.9 Å². The highest BCUT2D eigenvalue weighted by Crippen LogP contribution is 2.39. The Morgan fingerprint density at radius 3 is 2.81 bits per heavy atom. The van der Waals surface area contributed by atoms with Crippen LogP contribution < -0.4 is 0 Å². The van der Waals surface area contributed by atoms with Gasteiger partial charge < -0.3 is 4.90 Å². The second-order valence-electron chi connectivity index (χ2n) is 8.40. The Morgan fingerprint density at radius 1 is 1.16 bits per heavy atom. The molecule has 2 heterocycles. The van der Waals surface area contributed by atoms with E-state index in [-0.39, 0.29) is 5.91 Å². The summed E-state index contributed by atoms with van der Waals surface area (Å²) in [4.78, 5) is 22.3. The smallest absolute Gasteiger partial charge is 0.258 e. The van der Waals surface area contributed by atoms with Gasteiger partial charge >= 0.3 is 0 Å². The van der Waals surface area contributed by atoms with Crippen molar-refractivity contribution in [3.05, 3.63) is 81.5 Å². The molecule has 2 aliphatic heterocycles. The van der Waals surface area contributed by atoms with Crippen LogP contribution in [0.2, 0.25) is 5.02 Å². The number of fused-ring (bicyclic) bond motifs is 2. The van der Waals surface area contributed by atoms with Crippen molar-refractivity contribution in [1.29, 1.82) is 5.26 Å². The minimum absolute atomic E-state index is 0.0809. The molecule has 2 aromatic carbocycles. The third kappa shape index (κ3) is 3.84. The molecule has 3 aliphatic rings. The van der Waals surface area contributed by atoms with Gasteiger partial charge in [-0.05, 0) is 67.0 Å². The molecule has 0 saturated carbocycles.